The number of hydrogen-bond acceptors (Lipinski definition) is 0. The monoisotopic (exact) mass is 748 g/mol. The molecule has 0 bridgehead atoms. The zero-order chi connectivity index (χ0) is 37.6. The van der Waals surface area contributed by atoms with E-state index in [1.165, 1.54) is 87.2 Å². The summed E-state index contributed by atoms with van der Waals surface area (Å²) in [7, 11) is 0. The minimum absolute atomic E-state index is 0. The normalized spacial score (nSPS) is 15.1. The summed E-state index contributed by atoms with van der Waals surface area (Å²) >= 11 is 1.30. The van der Waals surface area contributed by atoms with Crippen molar-refractivity contribution in [1.29, 1.82) is 0 Å². The van der Waals surface area contributed by atoms with Crippen LogP contribution in [0.1, 0.15) is 157 Å². The average Bonchev–Trinajstić information content (AvgIpc) is 3.61. The molecule has 0 spiro atoms. The molecule has 0 radical (unpaired) electrons. The van der Waals surface area contributed by atoms with Gasteiger partial charge in [-0.2, -0.15) is 65.7 Å². The minimum atomic E-state index is 0. The zero-order valence-electron chi connectivity index (χ0n) is 35.2. The van der Waals surface area contributed by atoms with Gasteiger partial charge >= 0.3 is 28.4 Å². The van der Waals surface area contributed by atoms with E-state index in [0.29, 0.717) is 11.3 Å². The third kappa shape index (κ3) is 12.5. The van der Waals surface area contributed by atoms with Gasteiger partial charge in [0, 0.05) is 0 Å². The number of hydrogen-bond donors (Lipinski definition) is 0. The molecule has 0 saturated carbocycles. The van der Waals surface area contributed by atoms with Gasteiger partial charge in [-0.1, -0.05) is 158 Å². The third-order valence-corrected chi connectivity index (χ3v) is 9.14. The molecule has 0 N–H and O–H groups in total. The maximum atomic E-state index is 3.90. The molecule has 1 unspecified atom stereocenters. The SMILES string of the molecule is CC(C)(C)c1[c-]c2c(cc1C(C)(C)C)-c1cc(C(C)(C)C)c(C(C)(C)C)cc1C2.CCCC1[C-]=CC(C(C)(C)C)=C1.[CH2]=[Zr].[CH3-].[c-]1ccccc1. The Labute approximate surface area is 326 Å². The third-order valence-electron chi connectivity index (χ3n) is 9.14. The van der Waals surface area contributed by atoms with Gasteiger partial charge < -0.3 is 7.43 Å². The summed E-state index contributed by atoms with van der Waals surface area (Å²) in [5.41, 5.74) is 13.7. The molecule has 0 aliphatic heterocycles. The van der Waals surface area contributed by atoms with E-state index in [1.807, 2.05) is 30.3 Å². The van der Waals surface area contributed by atoms with Gasteiger partial charge in [0.05, 0.1) is 0 Å². The largest absolute Gasteiger partial charge is 0.358 e. The van der Waals surface area contributed by atoms with Gasteiger partial charge in [-0.3, -0.25) is 6.08 Å². The van der Waals surface area contributed by atoms with Crippen molar-refractivity contribution in [1.82, 2.24) is 0 Å². The second kappa shape index (κ2) is 18.1. The smallest absolute Gasteiger partial charge is 0.171 e. The quantitative estimate of drug-likeness (QED) is 0.179. The van der Waals surface area contributed by atoms with Gasteiger partial charge in [0.1, 0.15) is 0 Å². The van der Waals surface area contributed by atoms with Crippen molar-refractivity contribution in [3.05, 3.63) is 125 Å². The molecule has 0 saturated heterocycles. The van der Waals surface area contributed by atoms with Crippen LogP contribution in [0.2, 0.25) is 0 Å². The summed E-state index contributed by atoms with van der Waals surface area (Å²) < 4.78 is 3.34. The Hall–Kier alpha value is -2.11. The van der Waals surface area contributed by atoms with Gasteiger partial charge in [0.2, 0.25) is 0 Å². The van der Waals surface area contributed by atoms with Crippen LogP contribution in [0.4, 0.5) is 0 Å². The number of rotatable bonds is 2. The first-order chi connectivity index (χ1) is 22.4. The molecule has 0 fully saturated rings. The van der Waals surface area contributed by atoms with E-state index < -0.39 is 0 Å². The van der Waals surface area contributed by atoms with Crippen LogP contribution in [0, 0.1) is 37.0 Å². The molecular formula is C49H70Zr-4. The summed E-state index contributed by atoms with van der Waals surface area (Å²) in [6, 6.07) is 23.9. The van der Waals surface area contributed by atoms with E-state index in [-0.39, 0.29) is 29.1 Å². The van der Waals surface area contributed by atoms with Crippen LogP contribution >= 0.6 is 0 Å². The second-order valence-electron chi connectivity index (χ2n) is 18.8. The molecule has 3 aromatic carbocycles. The minimum Gasteiger partial charge on any atom is -0.358 e. The van der Waals surface area contributed by atoms with Crippen molar-refractivity contribution in [3.8, 4) is 11.1 Å². The maximum absolute atomic E-state index is 3.90. The van der Waals surface area contributed by atoms with Gasteiger partial charge in [-0.05, 0) is 39.4 Å². The molecular weight excluding hydrogens is 680 g/mol. The first-order valence-electron chi connectivity index (χ1n) is 18.3. The summed E-state index contributed by atoms with van der Waals surface area (Å²) in [6.45, 7) is 37.0. The topological polar surface area (TPSA) is 0 Å². The van der Waals surface area contributed by atoms with E-state index in [9.17, 15) is 0 Å². The number of allylic oxidation sites excluding steroid dienone is 4. The van der Waals surface area contributed by atoms with Crippen molar-refractivity contribution in [2.24, 2.45) is 11.3 Å². The standard InChI is InChI=1S/C29H41.C12H19.C6H5.CH3.CH2.Zr/c1-26(2,3)22-14-18-13-19-15-23(27(4,5)6)25(29(10,11)12)17-21(19)20(18)16-24(22)28(7,8)9;1-5-6-10-7-8-11(9-10)12(2,3)4;1-2-4-6-5-3-1;;;/h14,16-17H,13H2,1-12H3;8-10H,5-6H2,1-4H3;1-5H;1H3;1H2;/q4*-1;;. The fourth-order valence-electron chi connectivity index (χ4n) is 6.42. The van der Waals surface area contributed by atoms with Gasteiger partial charge in [0.25, 0.3) is 0 Å². The van der Waals surface area contributed by atoms with E-state index in [4.69, 9.17) is 0 Å². The Bertz CT molecular complexity index is 1460. The molecule has 3 aromatic rings. The first kappa shape index (κ1) is 45.9. The van der Waals surface area contributed by atoms with E-state index in [1.54, 1.807) is 0 Å². The van der Waals surface area contributed by atoms with Crippen molar-refractivity contribution < 1.29 is 24.2 Å². The van der Waals surface area contributed by atoms with Gasteiger partial charge in [-0.15, -0.1) is 16.7 Å². The fraction of sp³-hybridized carbons (Fsp3) is 0.510. The summed E-state index contributed by atoms with van der Waals surface area (Å²) in [4.78, 5) is 0. The van der Waals surface area contributed by atoms with Crippen LogP contribution in [0.25, 0.3) is 11.1 Å². The van der Waals surface area contributed by atoms with E-state index in [0.717, 1.165) is 6.42 Å². The number of benzene rings is 3. The molecule has 2 aliphatic rings. The Balaban J connectivity index is 0.000000487. The van der Waals surface area contributed by atoms with Crippen LogP contribution in [0.5, 0.6) is 0 Å². The van der Waals surface area contributed by atoms with Gasteiger partial charge in [-0.25, -0.2) is 6.08 Å². The van der Waals surface area contributed by atoms with Crippen molar-refractivity contribution in [2.75, 3.05) is 0 Å². The average molecular weight is 750 g/mol. The summed E-state index contributed by atoms with van der Waals surface area (Å²) in [5, 5.41) is 0. The van der Waals surface area contributed by atoms with E-state index >= 15 is 0 Å². The Morgan fingerprint density at radius 2 is 1.16 bits per heavy atom. The zero-order valence-corrected chi connectivity index (χ0v) is 37.6. The fourth-order valence-corrected chi connectivity index (χ4v) is 6.42. The van der Waals surface area contributed by atoms with Crippen LogP contribution in [0.3, 0.4) is 0 Å². The van der Waals surface area contributed by atoms with Crippen LogP contribution in [-0.2, 0) is 52.3 Å². The van der Waals surface area contributed by atoms with Crippen molar-refractivity contribution >= 4 is 4.21 Å². The Morgan fingerprint density at radius 3 is 1.54 bits per heavy atom. The molecule has 5 rings (SSSR count). The molecule has 1 heteroatoms. The summed E-state index contributed by atoms with van der Waals surface area (Å²) in [5.74, 6) is 0.587. The van der Waals surface area contributed by atoms with Crippen molar-refractivity contribution in [2.45, 2.75) is 152 Å². The molecule has 0 heterocycles. The molecule has 274 valence electrons. The molecule has 2 aliphatic carbocycles. The first-order valence-corrected chi connectivity index (χ1v) is 20.0. The van der Waals surface area contributed by atoms with E-state index in [2.05, 4.69) is 164 Å². The summed E-state index contributed by atoms with van der Waals surface area (Å²) in [6.07, 6.45) is 11.4. The predicted molar refractivity (Wildman–Crippen MR) is 221 cm³/mol. The Morgan fingerprint density at radius 1 is 0.660 bits per heavy atom. The molecule has 1 atom stereocenters. The van der Waals surface area contributed by atoms with Crippen LogP contribution in [-0.4, -0.2) is 4.21 Å². The van der Waals surface area contributed by atoms with Crippen LogP contribution < -0.4 is 0 Å². The predicted octanol–water partition coefficient (Wildman–Crippen LogP) is 13.9. The molecule has 0 nitrogen and oxygen atoms in total. The molecule has 0 amide bonds. The maximum Gasteiger partial charge on any atom is -0.171 e. The number of fused-ring (bicyclic) bond motifs is 3. The van der Waals surface area contributed by atoms with Crippen LogP contribution in [0.15, 0.2) is 66.3 Å². The van der Waals surface area contributed by atoms with Crippen molar-refractivity contribution in [3.63, 3.8) is 0 Å². The molecule has 0 aromatic heterocycles. The Kier molecular flexibility index (Phi) is 16.6. The van der Waals surface area contributed by atoms with Gasteiger partial charge in [0.15, 0.2) is 0 Å². The molecule has 50 heavy (non-hydrogen) atoms. The second-order valence-corrected chi connectivity index (χ2v) is 18.8.